The number of alkyl halides is 3. The van der Waals surface area contributed by atoms with E-state index in [0.717, 1.165) is 12.1 Å². The highest BCUT2D eigenvalue weighted by molar-refractivity contribution is 7.80. The first kappa shape index (κ1) is 16.2. The predicted octanol–water partition coefficient (Wildman–Crippen LogP) is 4.96. The van der Waals surface area contributed by atoms with E-state index in [1.54, 1.807) is 19.1 Å². The van der Waals surface area contributed by atoms with Crippen LogP contribution in [0.4, 0.5) is 28.9 Å². The zero-order valence-electron chi connectivity index (χ0n) is 11.5. The lowest BCUT2D eigenvalue weighted by Gasteiger charge is -2.13. The fourth-order valence-corrected chi connectivity index (χ4v) is 1.97. The van der Waals surface area contributed by atoms with Gasteiger partial charge in [-0.25, -0.2) is 4.39 Å². The molecule has 0 heterocycles. The summed E-state index contributed by atoms with van der Waals surface area (Å²) in [5.41, 5.74) is 0.316. The van der Waals surface area contributed by atoms with Gasteiger partial charge in [0.25, 0.3) is 0 Å². The first-order valence-electron chi connectivity index (χ1n) is 6.27. The molecule has 0 aromatic heterocycles. The molecular formula is C15H12F4N2S. The standard InChI is InChI=1S/C15H12F4N2S/c1-9-5-6-12(8-13(9)16)21-14(22)20-11-4-2-3-10(7-11)15(17,18)19/h2-8H,1H3,(H2,20,21,22). The fraction of sp³-hybridized carbons (Fsp3) is 0.133. The maximum Gasteiger partial charge on any atom is 0.416 e. The number of aryl methyl sites for hydroxylation is 1. The van der Waals surface area contributed by atoms with Crippen LogP contribution in [0.1, 0.15) is 11.1 Å². The smallest absolute Gasteiger partial charge is 0.332 e. The number of rotatable bonds is 2. The minimum atomic E-state index is -4.42. The molecular weight excluding hydrogens is 316 g/mol. The Morgan fingerprint density at radius 2 is 1.64 bits per heavy atom. The Balaban J connectivity index is 2.07. The molecule has 2 nitrogen and oxygen atoms in total. The van der Waals surface area contributed by atoms with E-state index in [9.17, 15) is 17.6 Å². The molecule has 0 saturated carbocycles. The lowest BCUT2D eigenvalue weighted by atomic mass is 10.2. The lowest BCUT2D eigenvalue weighted by molar-refractivity contribution is -0.137. The van der Waals surface area contributed by atoms with Gasteiger partial charge in [0, 0.05) is 11.4 Å². The molecule has 0 saturated heterocycles. The van der Waals surface area contributed by atoms with E-state index in [1.165, 1.54) is 18.2 Å². The second-order valence-corrected chi connectivity index (χ2v) is 5.03. The molecule has 2 aromatic carbocycles. The number of benzene rings is 2. The van der Waals surface area contributed by atoms with Crippen LogP contribution in [0.3, 0.4) is 0 Å². The monoisotopic (exact) mass is 328 g/mol. The number of halogens is 4. The molecule has 0 unspecified atom stereocenters. The molecule has 22 heavy (non-hydrogen) atoms. The number of hydrogen-bond acceptors (Lipinski definition) is 1. The highest BCUT2D eigenvalue weighted by Gasteiger charge is 2.30. The van der Waals surface area contributed by atoms with Crippen molar-refractivity contribution in [2.24, 2.45) is 0 Å². The first-order chi connectivity index (χ1) is 10.3. The highest BCUT2D eigenvalue weighted by atomic mass is 32.1. The summed E-state index contributed by atoms with van der Waals surface area (Å²) in [6.07, 6.45) is -4.42. The number of nitrogens with one attached hydrogen (secondary N) is 2. The van der Waals surface area contributed by atoms with Gasteiger partial charge in [0.2, 0.25) is 0 Å². The van der Waals surface area contributed by atoms with Crippen molar-refractivity contribution in [1.29, 1.82) is 0 Å². The van der Waals surface area contributed by atoms with Crippen molar-refractivity contribution in [2.75, 3.05) is 10.6 Å². The van der Waals surface area contributed by atoms with E-state index in [-0.39, 0.29) is 10.8 Å². The number of hydrogen-bond donors (Lipinski definition) is 2. The Bertz CT molecular complexity index is 698. The van der Waals surface area contributed by atoms with Crippen LogP contribution in [0.15, 0.2) is 42.5 Å². The van der Waals surface area contributed by atoms with E-state index in [0.29, 0.717) is 11.3 Å². The molecule has 0 atom stereocenters. The van der Waals surface area contributed by atoms with Gasteiger partial charge in [-0.3, -0.25) is 0 Å². The molecule has 0 radical (unpaired) electrons. The van der Waals surface area contributed by atoms with Gasteiger partial charge in [-0.2, -0.15) is 13.2 Å². The van der Waals surface area contributed by atoms with E-state index in [4.69, 9.17) is 12.2 Å². The SMILES string of the molecule is Cc1ccc(NC(=S)Nc2cccc(C(F)(F)F)c2)cc1F. The van der Waals surface area contributed by atoms with Gasteiger partial charge in [-0.15, -0.1) is 0 Å². The number of anilines is 2. The largest absolute Gasteiger partial charge is 0.416 e. The molecule has 0 fully saturated rings. The van der Waals surface area contributed by atoms with E-state index in [1.807, 2.05) is 0 Å². The van der Waals surface area contributed by atoms with Crippen LogP contribution < -0.4 is 10.6 Å². The fourth-order valence-electron chi connectivity index (χ4n) is 1.74. The molecule has 2 aromatic rings. The summed E-state index contributed by atoms with van der Waals surface area (Å²) in [4.78, 5) is 0. The predicted molar refractivity (Wildman–Crippen MR) is 82.4 cm³/mol. The third-order valence-electron chi connectivity index (χ3n) is 2.88. The normalized spacial score (nSPS) is 11.1. The van der Waals surface area contributed by atoms with E-state index >= 15 is 0 Å². The molecule has 0 bridgehead atoms. The summed E-state index contributed by atoms with van der Waals surface area (Å²) in [5, 5.41) is 5.42. The molecule has 2 rings (SSSR count). The van der Waals surface area contributed by atoms with Gasteiger partial charge >= 0.3 is 6.18 Å². The second-order valence-electron chi connectivity index (χ2n) is 4.62. The molecule has 7 heteroatoms. The van der Waals surface area contributed by atoms with Crippen LogP contribution in [0.5, 0.6) is 0 Å². The molecule has 0 spiro atoms. The van der Waals surface area contributed by atoms with Crippen molar-refractivity contribution in [3.05, 3.63) is 59.4 Å². The van der Waals surface area contributed by atoms with Crippen molar-refractivity contribution < 1.29 is 17.6 Å². The second kappa shape index (κ2) is 6.31. The van der Waals surface area contributed by atoms with Crippen molar-refractivity contribution >= 4 is 28.7 Å². The molecule has 0 aliphatic carbocycles. The average Bonchev–Trinajstić information content (AvgIpc) is 2.42. The highest BCUT2D eigenvalue weighted by Crippen LogP contribution is 2.30. The van der Waals surface area contributed by atoms with Crippen LogP contribution >= 0.6 is 12.2 Å². The average molecular weight is 328 g/mol. The van der Waals surface area contributed by atoms with Gasteiger partial charge < -0.3 is 10.6 Å². The van der Waals surface area contributed by atoms with Gasteiger partial charge in [0.05, 0.1) is 5.56 Å². The van der Waals surface area contributed by atoms with Crippen LogP contribution in [0.2, 0.25) is 0 Å². The van der Waals surface area contributed by atoms with Gasteiger partial charge in [0.1, 0.15) is 5.82 Å². The third-order valence-corrected chi connectivity index (χ3v) is 3.08. The zero-order chi connectivity index (χ0) is 16.3. The zero-order valence-corrected chi connectivity index (χ0v) is 12.3. The van der Waals surface area contributed by atoms with Crippen LogP contribution in [0, 0.1) is 12.7 Å². The molecule has 0 amide bonds. The minimum Gasteiger partial charge on any atom is -0.332 e. The quantitative estimate of drug-likeness (QED) is 0.602. The Labute approximate surface area is 130 Å². The summed E-state index contributed by atoms with van der Waals surface area (Å²) >= 11 is 5.00. The van der Waals surface area contributed by atoms with Crippen molar-refractivity contribution in [3.63, 3.8) is 0 Å². The summed E-state index contributed by atoms with van der Waals surface area (Å²) in [6, 6.07) is 9.11. The van der Waals surface area contributed by atoms with Crippen molar-refractivity contribution in [1.82, 2.24) is 0 Å². The Morgan fingerprint density at radius 1 is 1.00 bits per heavy atom. The van der Waals surface area contributed by atoms with Gasteiger partial charge in [0.15, 0.2) is 5.11 Å². The summed E-state index contributed by atoms with van der Waals surface area (Å²) in [6.45, 7) is 1.62. The topological polar surface area (TPSA) is 24.1 Å². The van der Waals surface area contributed by atoms with Gasteiger partial charge in [-0.05, 0) is 55.0 Å². The van der Waals surface area contributed by atoms with Crippen molar-refractivity contribution in [3.8, 4) is 0 Å². The van der Waals surface area contributed by atoms with E-state index < -0.39 is 17.6 Å². The lowest BCUT2D eigenvalue weighted by Crippen LogP contribution is -2.19. The van der Waals surface area contributed by atoms with Crippen molar-refractivity contribution in [2.45, 2.75) is 13.1 Å². The van der Waals surface area contributed by atoms with Crippen LogP contribution in [0.25, 0.3) is 0 Å². The van der Waals surface area contributed by atoms with Crippen LogP contribution in [-0.4, -0.2) is 5.11 Å². The minimum absolute atomic E-state index is 0.0718. The molecule has 2 N–H and O–H groups in total. The molecule has 0 aliphatic rings. The Morgan fingerprint density at radius 3 is 2.23 bits per heavy atom. The summed E-state index contributed by atoms with van der Waals surface area (Å²) in [5.74, 6) is -0.396. The summed E-state index contributed by atoms with van der Waals surface area (Å²) < 4.78 is 51.3. The first-order valence-corrected chi connectivity index (χ1v) is 6.68. The van der Waals surface area contributed by atoms with E-state index in [2.05, 4.69) is 10.6 Å². The molecule has 116 valence electrons. The Hall–Kier alpha value is -2.15. The Kier molecular flexibility index (Phi) is 4.65. The number of thiocarbonyl (C=S) groups is 1. The maximum absolute atomic E-state index is 13.4. The molecule has 0 aliphatic heterocycles. The summed E-state index contributed by atoms with van der Waals surface area (Å²) in [7, 11) is 0. The maximum atomic E-state index is 13.4. The van der Waals surface area contributed by atoms with Crippen LogP contribution in [-0.2, 0) is 6.18 Å². The third kappa shape index (κ3) is 4.17. The van der Waals surface area contributed by atoms with Gasteiger partial charge in [-0.1, -0.05) is 12.1 Å².